The third-order valence-corrected chi connectivity index (χ3v) is 6.25. The molecule has 0 radical (unpaired) electrons. The zero-order chi connectivity index (χ0) is 20.9. The second-order valence-corrected chi connectivity index (χ2v) is 8.02. The van der Waals surface area contributed by atoms with Crippen molar-refractivity contribution in [1.29, 1.82) is 0 Å². The van der Waals surface area contributed by atoms with Gasteiger partial charge in [0.1, 0.15) is 5.82 Å². The van der Waals surface area contributed by atoms with Crippen molar-refractivity contribution in [2.24, 2.45) is 5.92 Å². The maximum atomic E-state index is 15.2. The van der Waals surface area contributed by atoms with Crippen LogP contribution in [0.5, 0.6) is 0 Å². The van der Waals surface area contributed by atoms with E-state index in [-0.39, 0.29) is 23.4 Å². The molecular formula is C20H25FN6O2. The van der Waals surface area contributed by atoms with Crippen LogP contribution in [0.25, 0.3) is 15.7 Å². The number of fused-ring (bicyclic) bond motifs is 1. The number of benzene rings is 1. The van der Waals surface area contributed by atoms with Crippen LogP contribution in [0.15, 0.2) is 15.7 Å². The van der Waals surface area contributed by atoms with Crippen molar-refractivity contribution in [1.82, 2.24) is 14.6 Å². The maximum Gasteiger partial charge on any atom is 0.350 e. The minimum atomic E-state index is -0.679. The van der Waals surface area contributed by atoms with Crippen molar-refractivity contribution in [2.75, 3.05) is 37.4 Å². The Balaban J connectivity index is 1.84. The molecule has 0 amide bonds. The molecular weight excluding hydrogens is 375 g/mol. The number of likely N-dealkylation sites (N-methyl/N-ethyl adjacent to an activating group) is 1. The molecule has 1 aromatic heterocycles. The predicted octanol–water partition coefficient (Wildman–Crippen LogP) is 0.993. The normalized spacial score (nSPS) is 20.2. The highest BCUT2D eigenvalue weighted by molar-refractivity contribution is 5.87. The highest BCUT2D eigenvalue weighted by atomic mass is 19.1. The molecule has 2 heterocycles. The number of aromatic nitrogens is 2. The fraction of sp³-hybridized carbons (Fsp3) is 0.550. The number of hydrogen-bond donors (Lipinski definition) is 2. The van der Waals surface area contributed by atoms with E-state index in [4.69, 9.17) is 12.4 Å². The summed E-state index contributed by atoms with van der Waals surface area (Å²) in [6.07, 6.45) is 2.52. The molecule has 0 spiro atoms. The van der Waals surface area contributed by atoms with Crippen LogP contribution in [0.3, 0.4) is 0 Å². The molecule has 2 unspecified atom stereocenters. The summed E-state index contributed by atoms with van der Waals surface area (Å²) < 4.78 is 17.3. The van der Waals surface area contributed by atoms with E-state index in [2.05, 4.69) is 10.2 Å². The first-order valence-corrected chi connectivity index (χ1v) is 9.89. The Kier molecular flexibility index (Phi) is 4.82. The minimum Gasteiger partial charge on any atom is -0.369 e. The molecule has 1 saturated heterocycles. The molecule has 1 saturated carbocycles. The summed E-state index contributed by atoms with van der Waals surface area (Å²) in [6.45, 7) is 10.6. The molecule has 0 bridgehead atoms. The SMILES string of the molecule is [C-]#[N+]CC(NC)C1CCN(c2c(F)cc3c(=O)n(N)c(=O)n(C4CC4)c3c2C)C1. The number of hydrogen-bond acceptors (Lipinski definition) is 5. The molecule has 2 aliphatic rings. The molecule has 29 heavy (non-hydrogen) atoms. The van der Waals surface area contributed by atoms with Crippen LogP contribution < -0.4 is 27.3 Å². The first-order valence-electron chi connectivity index (χ1n) is 9.89. The molecule has 4 rings (SSSR count). The third-order valence-electron chi connectivity index (χ3n) is 6.25. The van der Waals surface area contributed by atoms with Crippen molar-refractivity contribution >= 4 is 16.6 Å². The van der Waals surface area contributed by atoms with Crippen LogP contribution in [0.1, 0.15) is 30.9 Å². The van der Waals surface area contributed by atoms with Crippen LogP contribution in [-0.2, 0) is 0 Å². The van der Waals surface area contributed by atoms with Crippen molar-refractivity contribution < 1.29 is 4.39 Å². The molecule has 1 aromatic carbocycles. The second kappa shape index (κ2) is 7.19. The van der Waals surface area contributed by atoms with Gasteiger partial charge in [-0.3, -0.25) is 9.36 Å². The van der Waals surface area contributed by atoms with Gasteiger partial charge in [0.2, 0.25) is 6.54 Å². The molecule has 1 aliphatic heterocycles. The fourth-order valence-corrected chi connectivity index (χ4v) is 4.61. The zero-order valence-corrected chi connectivity index (χ0v) is 16.6. The number of nitrogens with one attached hydrogen (secondary N) is 1. The lowest BCUT2D eigenvalue weighted by atomic mass is 9.99. The number of nitrogens with zero attached hydrogens (tertiary/aromatic N) is 4. The number of aryl methyl sites for hydroxylation is 1. The van der Waals surface area contributed by atoms with E-state index in [1.165, 1.54) is 6.07 Å². The van der Waals surface area contributed by atoms with Crippen molar-refractivity contribution in [3.05, 3.63) is 49.7 Å². The average molecular weight is 400 g/mol. The van der Waals surface area contributed by atoms with E-state index in [9.17, 15) is 9.59 Å². The van der Waals surface area contributed by atoms with Gasteiger partial charge in [-0.2, -0.15) is 4.68 Å². The highest BCUT2D eigenvalue weighted by Crippen LogP contribution is 2.39. The van der Waals surface area contributed by atoms with E-state index < -0.39 is 17.1 Å². The average Bonchev–Trinajstić information content (AvgIpc) is 3.42. The van der Waals surface area contributed by atoms with Gasteiger partial charge in [0.15, 0.2) is 0 Å². The largest absolute Gasteiger partial charge is 0.369 e. The van der Waals surface area contributed by atoms with E-state index in [1.54, 1.807) is 11.5 Å². The van der Waals surface area contributed by atoms with Crippen LogP contribution >= 0.6 is 0 Å². The quantitative estimate of drug-likeness (QED) is 0.577. The van der Waals surface area contributed by atoms with Crippen LogP contribution in [-0.4, -0.2) is 42.0 Å². The lowest BCUT2D eigenvalue weighted by molar-refractivity contribution is 0.421. The van der Waals surface area contributed by atoms with Gasteiger partial charge in [0.25, 0.3) is 5.56 Å². The molecule has 1 aliphatic carbocycles. The zero-order valence-electron chi connectivity index (χ0n) is 16.6. The van der Waals surface area contributed by atoms with Crippen molar-refractivity contribution in [3.63, 3.8) is 0 Å². The van der Waals surface area contributed by atoms with Crippen LogP contribution in [0, 0.1) is 25.2 Å². The van der Waals surface area contributed by atoms with Gasteiger partial charge in [-0.25, -0.2) is 15.8 Å². The van der Waals surface area contributed by atoms with Gasteiger partial charge in [-0.05, 0) is 39.3 Å². The smallest absolute Gasteiger partial charge is 0.350 e. The van der Waals surface area contributed by atoms with Crippen LogP contribution in [0.4, 0.5) is 10.1 Å². The highest BCUT2D eigenvalue weighted by Gasteiger charge is 2.34. The lowest BCUT2D eigenvalue weighted by Gasteiger charge is -2.25. The minimum absolute atomic E-state index is 0.00363. The van der Waals surface area contributed by atoms with E-state index in [0.29, 0.717) is 41.1 Å². The Labute approximate surface area is 167 Å². The maximum absolute atomic E-state index is 15.2. The summed E-state index contributed by atoms with van der Waals surface area (Å²) >= 11 is 0. The fourth-order valence-electron chi connectivity index (χ4n) is 4.61. The molecule has 9 heteroatoms. The van der Waals surface area contributed by atoms with Crippen molar-refractivity contribution in [2.45, 2.75) is 38.3 Å². The topological polar surface area (TPSA) is 89.7 Å². The molecule has 2 atom stereocenters. The lowest BCUT2D eigenvalue weighted by Crippen LogP contribution is -2.44. The van der Waals surface area contributed by atoms with E-state index in [1.807, 2.05) is 11.9 Å². The number of anilines is 1. The summed E-state index contributed by atoms with van der Waals surface area (Å²) in [6, 6.07) is 1.26. The standard InChI is InChI=1S/C20H25FN6O2/c1-11-17-14(19(28)27(22)20(29)26(17)13-4-5-13)8-15(21)18(11)25-7-6-12(10-25)16(24-3)9-23-2/h8,12-13,16,24H,4-7,9-10,22H2,1,3H3. The third kappa shape index (κ3) is 3.08. The Morgan fingerprint density at radius 1 is 1.38 bits per heavy atom. The number of nitrogen functional groups attached to an aromatic ring is 1. The Morgan fingerprint density at radius 3 is 2.72 bits per heavy atom. The molecule has 2 aromatic rings. The summed E-state index contributed by atoms with van der Waals surface area (Å²) in [7, 11) is 1.84. The second-order valence-electron chi connectivity index (χ2n) is 8.02. The first kappa shape index (κ1) is 19.5. The van der Waals surface area contributed by atoms with E-state index >= 15 is 4.39 Å². The monoisotopic (exact) mass is 400 g/mol. The van der Waals surface area contributed by atoms with Gasteiger partial charge in [0.05, 0.1) is 22.6 Å². The Hall–Kier alpha value is -2.86. The number of halogens is 1. The summed E-state index contributed by atoms with van der Waals surface area (Å²) in [5.41, 5.74) is 0.267. The molecule has 2 fully saturated rings. The summed E-state index contributed by atoms with van der Waals surface area (Å²) in [5.74, 6) is 5.42. The first-order chi connectivity index (χ1) is 13.9. The van der Waals surface area contributed by atoms with Gasteiger partial charge < -0.3 is 20.9 Å². The van der Waals surface area contributed by atoms with Crippen LogP contribution in [0.2, 0.25) is 0 Å². The van der Waals surface area contributed by atoms with Gasteiger partial charge in [0, 0.05) is 30.6 Å². The summed E-state index contributed by atoms with van der Waals surface area (Å²) in [5, 5.41) is 3.33. The summed E-state index contributed by atoms with van der Waals surface area (Å²) in [4.78, 5) is 30.7. The Morgan fingerprint density at radius 2 is 2.10 bits per heavy atom. The molecule has 154 valence electrons. The van der Waals surface area contributed by atoms with Crippen molar-refractivity contribution in [3.8, 4) is 0 Å². The predicted molar refractivity (Wildman–Crippen MR) is 110 cm³/mol. The van der Waals surface area contributed by atoms with Gasteiger partial charge in [-0.15, -0.1) is 0 Å². The van der Waals surface area contributed by atoms with Gasteiger partial charge >= 0.3 is 5.69 Å². The van der Waals surface area contributed by atoms with Gasteiger partial charge in [-0.1, -0.05) is 0 Å². The molecule has 8 nitrogen and oxygen atoms in total. The molecule has 3 N–H and O–H groups in total. The number of rotatable bonds is 5. The Bertz CT molecular complexity index is 1130. The number of nitrogens with two attached hydrogens (primary N) is 1. The van der Waals surface area contributed by atoms with E-state index in [0.717, 1.165) is 19.3 Å².